The van der Waals surface area contributed by atoms with E-state index >= 15 is 0 Å². The zero-order valence-corrected chi connectivity index (χ0v) is 12.5. The molecule has 0 heterocycles. The topological polar surface area (TPSA) is 60.8 Å². The average molecular weight is 304 g/mol. The van der Waals surface area contributed by atoms with Crippen LogP contribution in [0, 0.1) is 5.82 Å². The third kappa shape index (κ3) is 3.61. The van der Waals surface area contributed by atoms with Crippen LogP contribution in [0.15, 0.2) is 18.2 Å². The molecule has 6 heteroatoms. The second-order valence-corrected chi connectivity index (χ2v) is 5.90. The molecule has 0 spiro atoms. The Hall–Kier alpha value is -1.33. The summed E-state index contributed by atoms with van der Waals surface area (Å²) in [6.45, 7) is 4.90. The van der Waals surface area contributed by atoms with Crippen LogP contribution in [0.1, 0.15) is 38.8 Å². The second-order valence-electron chi connectivity index (χ2n) is 5.49. The summed E-state index contributed by atoms with van der Waals surface area (Å²) in [6, 6.07) is 3.66. The van der Waals surface area contributed by atoms with Crippen molar-refractivity contribution >= 4 is 17.7 Å². The van der Waals surface area contributed by atoms with E-state index in [0.717, 1.165) is 4.90 Å². The smallest absolute Gasteiger partial charge is 0.408 e. The first-order valence-electron chi connectivity index (χ1n) is 6.27. The Morgan fingerprint density at radius 2 is 2.05 bits per heavy atom. The molecule has 0 saturated carbocycles. The van der Waals surface area contributed by atoms with Crippen LogP contribution in [0.25, 0.3) is 0 Å². The van der Waals surface area contributed by atoms with Gasteiger partial charge in [0.1, 0.15) is 5.82 Å². The maximum atomic E-state index is 14.2. The number of aliphatic hydroxyl groups is 1. The zero-order valence-electron chi connectivity index (χ0n) is 11.7. The Bertz CT molecular complexity index is 488. The minimum atomic E-state index is -1.17. The lowest BCUT2D eigenvalue weighted by Gasteiger charge is -2.39. The first kappa shape index (κ1) is 16.7. The van der Waals surface area contributed by atoms with Gasteiger partial charge in [0.25, 0.3) is 0 Å². The van der Waals surface area contributed by atoms with Gasteiger partial charge in [-0.3, -0.25) is 4.90 Å². The van der Waals surface area contributed by atoms with Crippen molar-refractivity contribution in [2.24, 2.45) is 0 Å². The van der Waals surface area contributed by atoms with Crippen molar-refractivity contribution < 1.29 is 19.4 Å². The minimum absolute atomic E-state index is 0.0651. The standard InChI is InChI=1S/C14H19ClFNO3/c1-14(2,3)17(13(19)20)11(7-8-18)9-5-4-6-10(15)12(9)16/h4-6,11,18H,7-8H2,1-3H3,(H,19,20). The summed E-state index contributed by atoms with van der Waals surface area (Å²) in [5.74, 6) is -0.650. The van der Waals surface area contributed by atoms with Crippen LogP contribution in [0.3, 0.4) is 0 Å². The number of carboxylic acid groups (broad SMARTS) is 1. The molecule has 1 amide bonds. The van der Waals surface area contributed by atoms with Crippen molar-refractivity contribution in [1.29, 1.82) is 0 Å². The first-order valence-corrected chi connectivity index (χ1v) is 6.65. The van der Waals surface area contributed by atoms with Crippen LogP contribution in [0.5, 0.6) is 0 Å². The number of carbonyl (C=O) groups is 1. The predicted molar refractivity (Wildman–Crippen MR) is 75.5 cm³/mol. The van der Waals surface area contributed by atoms with Crippen LogP contribution in [0.4, 0.5) is 9.18 Å². The highest BCUT2D eigenvalue weighted by Crippen LogP contribution is 2.34. The molecule has 0 fully saturated rings. The Labute approximate surface area is 122 Å². The molecule has 2 N–H and O–H groups in total. The van der Waals surface area contributed by atoms with Gasteiger partial charge in [-0.05, 0) is 33.3 Å². The number of nitrogens with zero attached hydrogens (tertiary/aromatic N) is 1. The van der Waals surface area contributed by atoms with Crippen molar-refractivity contribution in [2.45, 2.75) is 38.8 Å². The Balaban J connectivity index is 3.35. The molecule has 1 unspecified atom stereocenters. The molecule has 1 aromatic rings. The lowest BCUT2D eigenvalue weighted by molar-refractivity contribution is 0.0590. The van der Waals surface area contributed by atoms with Crippen LogP contribution in [-0.4, -0.2) is 33.4 Å². The second kappa shape index (κ2) is 6.41. The van der Waals surface area contributed by atoms with Gasteiger partial charge in [-0.1, -0.05) is 23.7 Å². The summed E-state index contributed by atoms with van der Waals surface area (Å²) in [4.78, 5) is 12.7. The number of amides is 1. The van der Waals surface area contributed by atoms with Gasteiger partial charge in [0.15, 0.2) is 0 Å². The molecular formula is C14H19ClFNO3. The van der Waals surface area contributed by atoms with E-state index in [9.17, 15) is 19.4 Å². The molecule has 1 aromatic carbocycles. The fourth-order valence-electron chi connectivity index (χ4n) is 2.21. The van der Waals surface area contributed by atoms with Crippen LogP contribution in [-0.2, 0) is 0 Å². The highest BCUT2D eigenvalue weighted by Gasteiger charge is 2.35. The van der Waals surface area contributed by atoms with E-state index in [4.69, 9.17) is 11.6 Å². The Morgan fingerprint density at radius 3 is 2.50 bits per heavy atom. The molecule has 20 heavy (non-hydrogen) atoms. The highest BCUT2D eigenvalue weighted by molar-refractivity contribution is 6.30. The van der Waals surface area contributed by atoms with Gasteiger partial charge in [0.2, 0.25) is 0 Å². The van der Waals surface area contributed by atoms with Crippen molar-refractivity contribution in [3.05, 3.63) is 34.6 Å². The predicted octanol–water partition coefficient (Wildman–Crippen LogP) is 3.68. The highest BCUT2D eigenvalue weighted by atomic mass is 35.5. The fourth-order valence-corrected chi connectivity index (χ4v) is 2.39. The number of rotatable bonds is 4. The SMILES string of the molecule is CC(C)(C)N(C(=O)O)C(CCO)c1cccc(Cl)c1F. The third-order valence-electron chi connectivity index (χ3n) is 2.98. The molecule has 0 bridgehead atoms. The van der Waals surface area contributed by atoms with E-state index in [0.29, 0.717) is 0 Å². The van der Waals surface area contributed by atoms with Gasteiger partial charge in [-0.25, -0.2) is 9.18 Å². The van der Waals surface area contributed by atoms with Gasteiger partial charge < -0.3 is 10.2 Å². The number of halogens is 2. The van der Waals surface area contributed by atoms with Gasteiger partial charge in [-0.15, -0.1) is 0 Å². The third-order valence-corrected chi connectivity index (χ3v) is 3.28. The molecular weight excluding hydrogens is 285 g/mol. The molecule has 0 aliphatic heterocycles. The van der Waals surface area contributed by atoms with Gasteiger partial charge in [0, 0.05) is 17.7 Å². The fraction of sp³-hybridized carbons (Fsp3) is 0.500. The molecule has 1 atom stereocenters. The van der Waals surface area contributed by atoms with Crippen molar-refractivity contribution in [2.75, 3.05) is 6.61 Å². The van der Waals surface area contributed by atoms with E-state index < -0.39 is 23.5 Å². The summed E-state index contributed by atoms with van der Waals surface area (Å²) in [7, 11) is 0. The molecule has 4 nitrogen and oxygen atoms in total. The van der Waals surface area contributed by atoms with E-state index in [1.54, 1.807) is 26.8 Å². The summed E-state index contributed by atoms with van der Waals surface area (Å²) in [5, 5.41) is 18.5. The van der Waals surface area contributed by atoms with E-state index in [1.165, 1.54) is 12.1 Å². The normalized spacial score (nSPS) is 13.1. The summed E-state index contributed by atoms with van der Waals surface area (Å²) in [6.07, 6.45) is -1.07. The lowest BCUT2D eigenvalue weighted by atomic mass is 9.96. The first-order chi connectivity index (χ1) is 9.20. The quantitative estimate of drug-likeness (QED) is 0.892. The van der Waals surface area contributed by atoms with Crippen molar-refractivity contribution in [3.8, 4) is 0 Å². The maximum absolute atomic E-state index is 14.2. The number of hydrogen-bond acceptors (Lipinski definition) is 2. The molecule has 112 valence electrons. The van der Waals surface area contributed by atoms with Crippen LogP contribution < -0.4 is 0 Å². The Morgan fingerprint density at radius 1 is 1.45 bits per heavy atom. The van der Waals surface area contributed by atoms with Crippen LogP contribution >= 0.6 is 11.6 Å². The van der Waals surface area contributed by atoms with Crippen molar-refractivity contribution in [3.63, 3.8) is 0 Å². The monoisotopic (exact) mass is 303 g/mol. The summed E-state index contributed by atoms with van der Waals surface area (Å²) >= 11 is 5.75. The Kier molecular flexibility index (Phi) is 5.36. The van der Waals surface area contributed by atoms with Gasteiger partial charge in [-0.2, -0.15) is 0 Å². The van der Waals surface area contributed by atoms with Gasteiger partial charge in [0.05, 0.1) is 11.1 Å². The minimum Gasteiger partial charge on any atom is -0.465 e. The molecule has 0 aliphatic carbocycles. The van der Waals surface area contributed by atoms with Crippen LogP contribution in [0.2, 0.25) is 5.02 Å². The summed E-state index contributed by atoms with van der Waals surface area (Å²) in [5.41, 5.74) is -0.565. The molecule has 1 rings (SSSR count). The zero-order chi connectivity index (χ0) is 15.5. The number of aliphatic hydroxyl groups excluding tert-OH is 1. The van der Waals surface area contributed by atoms with Crippen molar-refractivity contribution in [1.82, 2.24) is 4.90 Å². The van der Waals surface area contributed by atoms with E-state index in [1.807, 2.05) is 0 Å². The average Bonchev–Trinajstić information content (AvgIpc) is 2.30. The largest absolute Gasteiger partial charge is 0.465 e. The van der Waals surface area contributed by atoms with Gasteiger partial charge >= 0.3 is 6.09 Å². The molecule has 0 saturated heterocycles. The maximum Gasteiger partial charge on any atom is 0.408 e. The summed E-state index contributed by atoms with van der Waals surface area (Å²) < 4.78 is 14.2. The number of hydrogen-bond donors (Lipinski definition) is 2. The van der Waals surface area contributed by atoms with E-state index in [2.05, 4.69) is 0 Å². The number of benzene rings is 1. The lowest BCUT2D eigenvalue weighted by Crippen LogP contribution is -2.47. The molecule has 0 radical (unpaired) electrons. The molecule has 0 aromatic heterocycles. The van der Waals surface area contributed by atoms with E-state index in [-0.39, 0.29) is 23.6 Å². The molecule has 0 aliphatic rings.